The van der Waals surface area contributed by atoms with Crippen LogP contribution in [0, 0.1) is 19.3 Å². The normalized spacial score (nSPS) is 11.1. The van der Waals surface area contributed by atoms with E-state index in [1.54, 1.807) is 17.1 Å². The van der Waals surface area contributed by atoms with Crippen molar-refractivity contribution < 1.29 is 4.42 Å². The zero-order valence-electron chi connectivity index (χ0n) is 10.8. The molecule has 1 N–H and O–H groups in total. The standard InChI is InChI=1S/C14H14N4O/c1-9-10(2)19-14-12(9)13(15)18(8-17-14)7-11-5-3-4-6-16-11/h3-6,8,15H,7H2,1-2H3. The molecular formula is C14H14N4O. The molecule has 0 aromatic carbocycles. The van der Waals surface area contributed by atoms with Crippen LogP contribution in [0.2, 0.25) is 0 Å². The highest BCUT2D eigenvalue weighted by Crippen LogP contribution is 2.19. The Hall–Kier alpha value is -2.43. The quantitative estimate of drug-likeness (QED) is 0.762. The van der Waals surface area contributed by atoms with Gasteiger partial charge in [0.25, 0.3) is 0 Å². The lowest BCUT2D eigenvalue weighted by molar-refractivity contribution is 0.560. The van der Waals surface area contributed by atoms with Crippen molar-refractivity contribution in [2.75, 3.05) is 0 Å². The first kappa shape index (κ1) is 11.6. The summed E-state index contributed by atoms with van der Waals surface area (Å²) in [6.45, 7) is 4.37. The number of rotatable bonds is 2. The summed E-state index contributed by atoms with van der Waals surface area (Å²) in [5.41, 5.74) is 2.81. The van der Waals surface area contributed by atoms with E-state index in [-0.39, 0.29) is 0 Å². The van der Waals surface area contributed by atoms with Crippen LogP contribution in [-0.2, 0) is 6.54 Å². The molecule has 3 aromatic rings. The van der Waals surface area contributed by atoms with Gasteiger partial charge in [0.15, 0.2) is 0 Å². The van der Waals surface area contributed by atoms with Crippen molar-refractivity contribution in [1.29, 1.82) is 5.41 Å². The van der Waals surface area contributed by atoms with Gasteiger partial charge in [-0.25, -0.2) is 4.98 Å². The maximum absolute atomic E-state index is 8.28. The Kier molecular flexibility index (Phi) is 2.67. The number of hydrogen-bond donors (Lipinski definition) is 1. The molecular weight excluding hydrogens is 240 g/mol. The van der Waals surface area contributed by atoms with E-state index in [1.165, 1.54) is 0 Å². The summed E-state index contributed by atoms with van der Waals surface area (Å²) in [7, 11) is 0. The Morgan fingerprint density at radius 2 is 2.11 bits per heavy atom. The molecule has 0 aliphatic heterocycles. The van der Waals surface area contributed by atoms with Gasteiger partial charge in [0, 0.05) is 11.8 Å². The number of hydrogen-bond acceptors (Lipinski definition) is 4. The molecule has 0 aliphatic rings. The molecule has 0 saturated heterocycles. The van der Waals surface area contributed by atoms with Gasteiger partial charge in [0.1, 0.15) is 17.6 Å². The molecule has 0 bridgehead atoms. The molecule has 0 fully saturated rings. The van der Waals surface area contributed by atoms with Gasteiger partial charge < -0.3 is 8.98 Å². The Morgan fingerprint density at radius 1 is 1.26 bits per heavy atom. The van der Waals surface area contributed by atoms with Crippen molar-refractivity contribution in [1.82, 2.24) is 14.5 Å². The van der Waals surface area contributed by atoms with Crippen LogP contribution >= 0.6 is 0 Å². The average Bonchev–Trinajstić information content (AvgIpc) is 2.71. The van der Waals surface area contributed by atoms with Gasteiger partial charge in [0.2, 0.25) is 5.71 Å². The first-order valence-corrected chi connectivity index (χ1v) is 6.06. The van der Waals surface area contributed by atoms with Crippen molar-refractivity contribution in [3.63, 3.8) is 0 Å². The summed E-state index contributed by atoms with van der Waals surface area (Å²) < 4.78 is 7.30. The van der Waals surface area contributed by atoms with E-state index in [9.17, 15) is 0 Å². The minimum absolute atomic E-state index is 0.407. The lowest BCUT2D eigenvalue weighted by atomic mass is 10.2. The van der Waals surface area contributed by atoms with Crippen molar-refractivity contribution in [3.05, 3.63) is 53.2 Å². The molecule has 0 unspecified atom stereocenters. The van der Waals surface area contributed by atoms with E-state index < -0.39 is 0 Å². The fourth-order valence-electron chi connectivity index (χ4n) is 2.09. The predicted molar refractivity (Wildman–Crippen MR) is 70.7 cm³/mol. The molecule has 19 heavy (non-hydrogen) atoms. The van der Waals surface area contributed by atoms with Crippen molar-refractivity contribution in [2.45, 2.75) is 20.4 Å². The van der Waals surface area contributed by atoms with Gasteiger partial charge in [0.05, 0.1) is 17.6 Å². The smallest absolute Gasteiger partial charge is 0.231 e. The molecule has 5 nitrogen and oxygen atoms in total. The van der Waals surface area contributed by atoms with Crippen LogP contribution in [0.15, 0.2) is 35.1 Å². The molecule has 0 saturated carbocycles. The first-order valence-electron chi connectivity index (χ1n) is 6.06. The summed E-state index contributed by atoms with van der Waals surface area (Å²) in [6, 6.07) is 5.75. The third kappa shape index (κ3) is 1.93. The number of aromatic nitrogens is 3. The zero-order chi connectivity index (χ0) is 13.4. The first-order chi connectivity index (χ1) is 9.16. The number of furan rings is 1. The third-order valence-corrected chi connectivity index (χ3v) is 3.26. The minimum atomic E-state index is 0.407. The van der Waals surface area contributed by atoms with E-state index in [0.29, 0.717) is 17.7 Å². The number of nitrogens with zero attached hydrogens (tertiary/aromatic N) is 3. The molecule has 0 aliphatic carbocycles. The monoisotopic (exact) mass is 254 g/mol. The minimum Gasteiger partial charge on any atom is -0.443 e. The second-order valence-electron chi connectivity index (χ2n) is 4.51. The Labute approximate surface area is 110 Å². The third-order valence-electron chi connectivity index (χ3n) is 3.26. The van der Waals surface area contributed by atoms with Gasteiger partial charge in [-0.15, -0.1) is 0 Å². The summed E-state index contributed by atoms with van der Waals surface area (Å²) in [4.78, 5) is 8.54. The van der Waals surface area contributed by atoms with E-state index in [2.05, 4.69) is 9.97 Å². The number of fused-ring (bicyclic) bond motifs is 1. The topological polar surface area (TPSA) is 67.7 Å². The van der Waals surface area contributed by atoms with Gasteiger partial charge in [-0.2, -0.15) is 0 Å². The molecule has 0 amide bonds. The summed E-state index contributed by atoms with van der Waals surface area (Å²) in [5, 5.41) is 9.05. The van der Waals surface area contributed by atoms with Gasteiger partial charge in [-0.05, 0) is 26.0 Å². The van der Waals surface area contributed by atoms with E-state index >= 15 is 0 Å². The van der Waals surface area contributed by atoms with Crippen LogP contribution in [0.25, 0.3) is 11.1 Å². The van der Waals surface area contributed by atoms with Crippen LogP contribution in [0.3, 0.4) is 0 Å². The van der Waals surface area contributed by atoms with Gasteiger partial charge in [-0.3, -0.25) is 10.4 Å². The molecule has 0 atom stereocenters. The molecule has 0 radical (unpaired) electrons. The van der Waals surface area contributed by atoms with Crippen molar-refractivity contribution in [3.8, 4) is 0 Å². The van der Waals surface area contributed by atoms with E-state index in [4.69, 9.17) is 9.83 Å². The lowest BCUT2D eigenvalue weighted by Gasteiger charge is -2.05. The van der Waals surface area contributed by atoms with Crippen LogP contribution in [0.5, 0.6) is 0 Å². The fourth-order valence-corrected chi connectivity index (χ4v) is 2.09. The second kappa shape index (κ2) is 4.35. The Morgan fingerprint density at radius 3 is 2.84 bits per heavy atom. The molecule has 3 heterocycles. The summed E-state index contributed by atoms with van der Waals surface area (Å²) in [5.74, 6) is 0.812. The molecule has 5 heteroatoms. The summed E-state index contributed by atoms with van der Waals surface area (Å²) in [6.07, 6.45) is 3.38. The Balaban J connectivity index is 2.13. The van der Waals surface area contributed by atoms with E-state index in [0.717, 1.165) is 22.4 Å². The molecule has 0 spiro atoms. The van der Waals surface area contributed by atoms with Gasteiger partial charge in [-0.1, -0.05) is 6.07 Å². The van der Waals surface area contributed by atoms with Crippen molar-refractivity contribution in [2.24, 2.45) is 0 Å². The predicted octanol–water partition coefficient (Wildman–Crippen LogP) is 2.17. The van der Waals surface area contributed by atoms with Crippen LogP contribution < -0.4 is 5.49 Å². The second-order valence-corrected chi connectivity index (χ2v) is 4.51. The maximum Gasteiger partial charge on any atom is 0.231 e. The average molecular weight is 254 g/mol. The SMILES string of the molecule is Cc1oc2ncn(Cc3ccccn3)c(=N)c2c1C. The van der Waals surface area contributed by atoms with Crippen LogP contribution in [0.4, 0.5) is 0 Å². The Bertz CT molecular complexity index is 786. The maximum atomic E-state index is 8.28. The highest BCUT2D eigenvalue weighted by molar-refractivity contribution is 5.76. The fraction of sp³-hybridized carbons (Fsp3) is 0.214. The highest BCUT2D eigenvalue weighted by Gasteiger charge is 2.11. The largest absolute Gasteiger partial charge is 0.443 e. The van der Waals surface area contributed by atoms with Crippen molar-refractivity contribution >= 4 is 11.1 Å². The molecule has 96 valence electrons. The lowest BCUT2D eigenvalue weighted by Crippen LogP contribution is -2.21. The summed E-state index contributed by atoms with van der Waals surface area (Å²) >= 11 is 0. The highest BCUT2D eigenvalue weighted by atomic mass is 16.3. The number of aryl methyl sites for hydroxylation is 2. The number of pyridine rings is 1. The zero-order valence-corrected chi connectivity index (χ0v) is 10.8. The molecule has 3 aromatic heterocycles. The van der Waals surface area contributed by atoms with Crippen LogP contribution in [0.1, 0.15) is 17.0 Å². The van der Waals surface area contributed by atoms with E-state index in [1.807, 2.05) is 32.0 Å². The molecule has 3 rings (SSSR count). The van der Waals surface area contributed by atoms with Crippen LogP contribution in [-0.4, -0.2) is 14.5 Å². The van der Waals surface area contributed by atoms with Gasteiger partial charge >= 0.3 is 0 Å². The number of nitrogens with one attached hydrogen (secondary N) is 1.